The van der Waals surface area contributed by atoms with Crippen LogP contribution < -0.4 is 10.5 Å². The number of rotatable bonds is 6. The van der Waals surface area contributed by atoms with E-state index in [-0.39, 0.29) is 5.75 Å². The van der Waals surface area contributed by atoms with Crippen molar-refractivity contribution in [3.8, 4) is 5.75 Å². The fourth-order valence-electron chi connectivity index (χ4n) is 1.70. The molecule has 0 saturated carbocycles. The highest BCUT2D eigenvalue weighted by atomic mass is 79.9. The van der Waals surface area contributed by atoms with Crippen LogP contribution >= 0.6 is 27.7 Å². The summed E-state index contributed by atoms with van der Waals surface area (Å²) in [5.74, 6) is 0.764. The van der Waals surface area contributed by atoms with Gasteiger partial charge in [-0.3, -0.25) is 0 Å². The van der Waals surface area contributed by atoms with E-state index in [1.54, 1.807) is 12.1 Å². The summed E-state index contributed by atoms with van der Waals surface area (Å²) in [6.45, 7) is -2.87. The van der Waals surface area contributed by atoms with Crippen molar-refractivity contribution in [2.45, 2.75) is 12.4 Å². The van der Waals surface area contributed by atoms with Gasteiger partial charge in [0.25, 0.3) is 0 Å². The van der Waals surface area contributed by atoms with Crippen molar-refractivity contribution in [3.05, 3.63) is 64.1 Å². The first-order chi connectivity index (χ1) is 11.5. The number of hydrogen-bond donors (Lipinski definition) is 1. The van der Waals surface area contributed by atoms with Crippen molar-refractivity contribution in [1.82, 2.24) is 0 Å². The van der Waals surface area contributed by atoms with E-state index in [4.69, 9.17) is 5.73 Å². The third-order valence-electron chi connectivity index (χ3n) is 2.76. The van der Waals surface area contributed by atoms with E-state index in [2.05, 4.69) is 30.9 Å². The quantitative estimate of drug-likeness (QED) is 0.426. The largest absolute Gasteiger partial charge is 0.434 e. The topological polar surface area (TPSA) is 60.0 Å². The fraction of sp³-hybridized carbons (Fsp3) is 0.125. The van der Waals surface area contributed by atoms with Crippen molar-refractivity contribution in [3.63, 3.8) is 0 Å². The van der Waals surface area contributed by atoms with Crippen LogP contribution in [0.2, 0.25) is 0 Å². The lowest BCUT2D eigenvalue weighted by Crippen LogP contribution is -2.06. The lowest BCUT2D eigenvalue weighted by Gasteiger charge is -2.06. The standard InChI is InChI=1S/C16H14BrF2N3OS/c17-13-8-12(6-7-14(13)23-15(18)19)9-21-22-16(20)24-10-11-4-2-1-3-5-11/h1-9,15H,10H2,(H2,20,22). The van der Waals surface area contributed by atoms with Crippen LogP contribution in [0.5, 0.6) is 5.75 Å². The normalized spacial score (nSPS) is 12.1. The number of ether oxygens (including phenoxy) is 1. The molecule has 0 fully saturated rings. The van der Waals surface area contributed by atoms with E-state index in [1.165, 1.54) is 24.0 Å². The molecular weight excluding hydrogens is 400 g/mol. The van der Waals surface area contributed by atoms with Crippen LogP contribution in [0, 0.1) is 0 Å². The highest BCUT2D eigenvalue weighted by Gasteiger charge is 2.08. The zero-order chi connectivity index (χ0) is 17.4. The van der Waals surface area contributed by atoms with Crippen LogP contribution in [-0.2, 0) is 5.75 Å². The first-order valence-corrected chi connectivity index (χ1v) is 8.60. The lowest BCUT2D eigenvalue weighted by atomic mass is 10.2. The molecule has 2 rings (SSSR count). The number of hydrogen-bond acceptors (Lipinski definition) is 4. The van der Waals surface area contributed by atoms with Crippen molar-refractivity contribution < 1.29 is 13.5 Å². The van der Waals surface area contributed by atoms with E-state index in [0.717, 1.165) is 5.56 Å². The Morgan fingerprint density at radius 1 is 1.25 bits per heavy atom. The van der Waals surface area contributed by atoms with Crippen LogP contribution in [0.4, 0.5) is 8.78 Å². The Kier molecular flexibility index (Phi) is 7.20. The first-order valence-electron chi connectivity index (χ1n) is 6.82. The average molecular weight is 414 g/mol. The molecule has 0 aromatic heterocycles. The molecule has 0 saturated heterocycles. The summed E-state index contributed by atoms with van der Waals surface area (Å²) in [5, 5.41) is 8.13. The van der Waals surface area contributed by atoms with Crippen LogP contribution in [0.25, 0.3) is 0 Å². The highest BCUT2D eigenvalue weighted by Crippen LogP contribution is 2.26. The van der Waals surface area contributed by atoms with Crippen LogP contribution in [0.3, 0.4) is 0 Å². The molecule has 0 spiro atoms. The van der Waals surface area contributed by atoms with Gasteiger partial charge in [-0.25, -0.2) is 0 Å². The van der Waals surface area contributed by atoms with Gasteiger partial charge in [-0.15, -0.1) is 5.10 Å². The van der Waals surface area contributed by atoms with Crippen molar-refractivity contribution >= 4 is 39.1 Å². The number of benzene rings is 2. The van der Waals surface area contributed by atoms with E-state index in [1.807, 2.05) is 30.3 Å². The Balaban J connectivity index is 1.91. The smallest absolute Gasteiger partial charge is 0.387 e. The lowest BCUT2D eigenvalue weighted by molar-refractivity contribution is -0.0503. The van der Waals surface area contributed by atoms with Crippen LogP contribution in [0.15, 0.2) is 63.2 Å². The van der Waals surface area contributed by atoms with Crippen LogP contribution in [0.1, 0.15) is 11.1 Å². The van der Waals surface area contributed by atoms with Gasteiger partial charge in [0.15, 0.2) is 5.17 Å². The van der Waals surface area contributed by atoms with Gasteiger partial charge in [0.1, 0.15) is 5.75 Å². The minimum Gasteiger partial charge on any atom is -0.434 e. The predicted molar refractivity (Wildman–Crippen MR) is 97.7 cm³/mol. The maximum atomic E-state index is 12.2. The van der Waals surface area contributed by atoms with Gasteiger partial charge in [0.05, 0.1) is 10.7 Å². The Labute approximate surface area is 150 Å². The maximum Gasteiger partial charge on any atom is 0.387 e. The molecule has 0 amide bonds. The third kappa shape index (κ3) is 6.29. The second kappa shape index (κ2) is 9.39. The summed E-state index contributed by atoms with van der Waals surface area (Å²) in [6.07, 6.45) is 1.48. The van der Waals surface area contributed by atoms with Gasteiger partial charge in [-0.2, -0.15) is 13.9 Å². The van der Waals surface area contributed by atoms with Gasteiger partial charge >= 0.3 is 6.61 Å². The predicted octanol–water partition coefficient (Wildman–Crippen LogP) is 4.63. The minimum absolute atomic E-state index is 0.0589. The SMILES string of the molecule is NC(=NN=Cc1ccc(OC(F)F)c(Br)c1)SCc1ccccc1. The van der Waals surface area contributed by atoms with Gasteiger partial charge in [0.2, 0.25) is 0 Å². The molecule has 0 bridgehead atoms. The van der Waals surface area contributed by atoms with Gasteiger partial charge in [-0.1, -0.05) is 42.1 Å². The molecule has 0 heterocycles. The van der Waals surface area contributed by atoms with Gasteiger partial charge in [-0.05, 0) is 45.3 Å². The number of halogens is 3. The molecule has 24 heavy (non-hydrogen) atoms. The van der Waals surface area contributed by atoms with Crippen molar-refractivity contribution in [2.24, 2.45) is 15.9 Å². The summed E-state index contributed by atoms with van der Waals surface area (Å²) in [7, 11) is 0. The van der Waals surface area contributed by atoms with E-state index in [9.17, 15) is 8.78 Å². The number of amidine groups is 1. The molecule has 4 nitrogen and oxygen atoms in total. The van der Waals surface area contributed by atoms with Gasteiger partial charge < -0.3 is 10.5 Å². The Hall–Kier alpha value is -1.93. The van der Waals surface area contributed by atoms with E-state index >= 15 is 0 Å². The fourth-order valence-corrected chi connectivity index (χ4v) is 2.80. The molecule has 0 aliphatic carbocycles. The molecule has 8 heteroatoms. The number of alkyl halides is 2. The highest BCUT2D eigenvalue weighted by molar-refractivity contribution is 9.10. The summed E-state index contributed by atoms with van der Waals surface area (Å²) >= 11 is 4.54. The molecule has 0 radical (unpaired) electrons. The monoisotopic (exact) mass is 413 g/mol. The Bertz CT molecular complexity index is 727. The number of thioether (sulfide) groups is 1. The molecule has 0 aliphatic rings. The van der Waals surface area contributed by atoms with Crippen molar-refractivity contribution in [1.29, 1.82) is 0 Å². The zero-order valence-corrected chi connectivity index (χ0v) is 14.8. The summed E-state index contributed by atoms with van der Waals surface area (Å²) in [5.41, 5.74) is 7.60. The Morgan fingerprint density at radius 2 is 2.00 bits per heavy atom. The number of nitrogens with zero attached hydrogens (tertiary/aromatic N) is 2. The molecule has 2 aromatic rings. The van der Waals surface area contributed by atoms with Gasteiger partial charge in [0, 0.05) is 5.75 Å². The average Bonchev–Trinajstić information content (AvgIpc) is 2.56. The zero-order valence-electron chi connectivity index (χ0n) is 12.4. The summed E-state index contributed by atoms with van der Waals surface area (Å²) in [6, 6.07) is 14.5. The Morgan fingerprint density at radius 3 is 2.67 bits per heavy atom. The molecule has 0 aliphatic heterocycles. The maximum absolute atomic E-state index is 12.2. The van der Waals surface area contributed by atoms with E-state index < -0.39 is 6.61 Å². The second-order valence-electron chi connectivity index (χ2n) is 4.53. The molecule has 0 unspecified atom stereocenters. The number of nitrogens with two attached hydrogens (primary N) is 1. The molecule has 2 aromatic carbocycles. The molecule has 0 atom stereocenters. The molecule has 2 N–H and O–H groups in total. The third-order valence-corrected chi connectivity index (χ3v) is 4.24. The minimum atomic E-state index is -2.87. The summed E-state index contributed by atoms with van der Waals surface area (Å²) in [4.78, 5) is 0. The molecular formula is C16H14BrF2N3OS. The first kappa shape index (κ1) is 18.4. The van der Waals surface area contributed by atoms with Crippen molar-refractivity contribution in [2.75, 3.05) is 0 Å². The second-order valence-corrected chi connectivity index (χ2v) is 6.38. The van der Waals surface area contributed by atoms with Crippen LogP contribution in [-0.4, -0.2) is 18.0 Å². The van der Waals surface area contributed by atoms with E-state index in [0.29, 0.717) is 21.0 Å². The summed E-state index contributed by atoms with van der Waals surface area (Å²) < 4.78 is 29.1. The molecule has 126 valence electrons.